The summed E-state index contributed by atoms with van der Waals surface area (Å²) in [6, 6.07) is 17.0. The van der Waals surface area contributed by atoms with E-state index in [0.29, 0.717) is 6.04 Å². The van der Waals surface area contributed by atoms with Crippen molar-refractivity contribution in [3.05, 3.63) is 70.1 Å². The third kappa shape index (κ3) is 2.16. The van der Waals surface area contributed by atoms with Gasteiger partial charge in [-0.3, -0.25) is 9.47 Å². The average Bonchev–Trinajstić information content (AvgIpc) is 2.76. The Hall–Kier alpha value is -2.33. The van der Waals surface area contributed by atoms with Crippen molar-refractivity contribution in [2.75, 3.05) is 0 Å². The summed E-state index contributed by atoms with van der Waals surface area (Å²) in [4.78, 5) is 17.6. The minimum Gasteiger partial charge on any atom is -0.306 e. The molecule has 112 valence electrons. The van der Waals surface area contributed by atoms with Gasteiger partial charge >= 0.3 is 5.69 Å². The number of benzene rings is 2. The first-order valence-corrected chi connectivity index (χ1v) is 7.71. The predicted octanol–water partition coefficient (Wildman–Crippen LogP) is 2.73. The van der Waals surface area contributed by atoms with E-state index in [1.54, 1.807) is 0 Å². The molecule has 0 spiro atoms. The second kappa shape index (κ2) is 5.14. The zero-order chi connectivity index (χ0) is 15.1. The van der Waals surface area contributed by atoms with Crippen LogP contribution in [-0.4, -0.2) is 20.5 Å². The number of H-pyrrole nitrogens is 1. The van der Waals surface area contributed by atoms with Crippen LogP contribution in [0.1, 0.15) is 18.1 Å². The highest BCUT2D eigenvalue weighted by atomic mass is 16.1. The van der Waals surface area contributed by atoms with Crippen LogP contribution in [0.3, 0.4) is 0 Å². The molecule has 0 aliphatic carbocycles. The highest BCUT2D eigenvalue weighted by molar-refractivity contribution is 5.79. The molecular weight excluding hydrogens is 274 g/mol. The number of para-hydroxylation sites is 1. The van der Waals surface area contributed by atoms with E-state index in [-0.39, 0.29) is 5.69 Å². The molecule has 0 saturated heterocycles. The Labute approximate surface area is 129 Å². The Morgan fingerprint density at radius 2 is 1.95 bits per heavy atom. The van der Waals surface area contributed by atoms with Gasteiger partial charge in [0.05, 0.1) is 11.0 Å². The van der Waals surface area contributed by atoms with E-state index in [9.17, 15) is 4.79 Å². The van der Waals surface area contributed by atoms with Crippen LogP contribution < -0.4 is 5.69 Å². The molecule has 1 aromatic heterocycles. The summed E-state index contributed by atoms with van der Waals surface area (Å²) < 4.78 is 1.89. The highest BCUT2D eigenvalue weighted by Crippen LogP contribution is 2.24. The maximum absolute atomic E-state index is 12.2. The molecule has 0 amide bonds. The lowest BCUT2D eigenvalue weighted by atomic mass is 10.1. The van der Waals surface area contributed by atoms with Crippen molar-refractivity contribution >= 4 is 11.0 Å². The van der Waals surface area contributed by atoms with Crippen LogP contribution in [0.5, 0.6) is 0 Å². The molecule has 0 bridgehead atoms. The lowest BCUT2D eigenvalue weighted by Gasteiger charge is -2.27. The number of hydrogen-bond donors (Lipinski definition) is 1. The van der Waals surface area contributed by atoms with Crippen molar-refractivity contribution in [3.63, 3.8) is 0 Å². The Morgan fingerprint density at radius 1 is 1.14 bits per heavy atom. The fraction of sp³-hybridized carbons (Fsp3) is 0.278. The first-order chi connectivity index (χ1) is 10.7. The maximum Gasteiger partial charge on any atom is 0.326 e. The zero-order valence-electron chi connectivity index (χ0n) is 12.6. The summed E-state index contributed by atoms with van der Waals surface area (Å²) in [5, 5.41) is 0. The standard InChI is InChI=1S/C18H19N3O/c1-13-10-21-17-15(8-5-9-16(17)19-18(21)22)12-20(13)11-14-6-3-2-4-7-14/h2-9,13H,10-12H2,1H3,(H,19,22). The summed E-state index contributed by atoms with van der Waals surface area (Å²) in [6.07, 6.45) is 0. The van der Waals surface area contributed by atoms with Gasteiger partial charge in [-0.05, 0) is 24.1 Å². The number of imidazole rings is 1. The summed E-state index contributed by atoms with van der Waals surface area (Å²) >= 11 is 0. The van der Waals surface area contributed by atoms with Gasteiger partial charge in [-0.1, -0.05) is 42.5 Å². The minimum atomic E-state index is -0.00383. The lowest BCUT2D eigenvalue weighted by Crippen LogP contribution is -2.35. The Balaban J connectivity index is 1.75. The number of aromatic nitrogens is 2. The van der Waals surface area contributed by atoms with Crippen LogP contribution in [0.15, 0.2) is 53.3 Å². The Bertz CT molecular complexity index is 863. The Morgan fingerprint density at radius 3 is 2.77 bits per heavy atom. The highest BCUT2D eigenvalue weighted by Gasteiger charge is 2.23. The van der Waals surface area contributed by atoms with Crippen molar-refractivity contribution in [3.8, 4) is 0 Å². The van der Waals surface area contributed by atoms with Gasteiger partial charge in [-0.15, -0.1) is 0 Å². The monoisotopic (exact) mass is 293 g/mol. The van der Waals surface area contributed by atoms with Crippen LogP contribution in [-0.2, 0) is 19.6 Å². The van der Waals surface area contributed by atoms with Crippen molar-refractivity contribution in [2.24, 2.45) is 0 Å². The molecular formula is C18H19N3O. The quantitative estimate of drug-likeness (QED) is 0.789. The summed E-state index contributed by atoms with van der Waals surface area (Å²) in [7, 11) is 0. The molecule has 3 aromatic rings. The van der Waals surface area contributed by atoms with Crippen molar-refractivity contribution < 1.29 is 0 Å². The van der Waals surface area contributed by atoms with E-state index < -0.39 is 0 Å². The largest absolute Gasteiger partial charge is 0.326 e. The van der Waals surface area contributed by atoms with E-state index in [2.05, 4.69) is 47.1 Å². The van der Waals surface area contributed by atoms with Gasteiger partial charge in [-0.2, -0.15) is 0 Å². The molecule has 0 fully saturated rings. The third-order valence-electron chi connectivity index (χ3n) is 4.55. The topological polar surface area (TPSA) is 41.0 Å². The molecule has 1 atom stereocenters. The molecule has 1 N–H and O–H groups in total. The SMILES string of the molecule is CC1Cn2c(=O)[nH]c3cccc(c32)CN1Cc1ccccc1. The average molecular weight is 293 g/mol. The van der Waals surface area contributed by atoms with Gasteiger partial charge in [-0.25, -0.2) is 4.79 Å². The first kappa shape index (κ1) is 13.3. The van der Waals surface area contributed by atoms with E-state index in [0.717, 1.165) is 30.7 Å². The fourth-order valence-corrected chi connectivity index (χ4v) is 3.38. The third-order valence-corrected chi connectivity index (χ3v) is 4.55. The van der Waals surface area contributed by atoms with Crippen molar-refractivity contribution in [1.82, 2.24) is 14.5 Å². The van der Waals surface area contributed by atoms with Crippen LogP contribution in [0.25, 0.3) is 11.0 Å². The second-order valence-electron chi connectivity index (χ2n) is 6.09. The maximum atomic E-state index is 12.2. The molecule has 1 unspecified atom stereocenters. The number of nitrogens with zero attached hydrogens (tertiary/aromatic N) is 2. The van der Waals surface area contributed by atoms with Gasteiger partial charge < -0.3 is 4.98 Å². The van der Waals surface area contributed by atoms with Gasteiger partial charge in [0.1, 0.15) is 0 Å². The smallest absolute Gasteiger partial charge is 0.306 e. The van der Waals surface area contributed by atoms with Crippen molar-refractivity contribution in [2.45, 2.75) is 32.6 Å². The predicted molar refractivity (Wildman–Crippen MR) is 87.7 cm³/mol. The van der Waals surface area contributed by atoms with E-state index in [4.69, 9.17) is 0 Å². The number of hydrogen-bond acceptors (Lipinski definition) is 2. The summed E-state index contributed by atoms with van der Waals surface area (Å²) in [6.45, 7) is 4.69. The summed E-state index contributed by atoms with van der Waals surface area (Å²) in [5.41, 5.74) is 4.53. The van der Waals surface area contributed by atoms with Crippen LogP contribution >= 0.6 is 0 Å². The number of aromatic amines is 1. The normalized spacial score (nSPS) is 18.5. The molecule has 0 radical (unpaired) electrons. The molecule has 2 aromatic carbocycles. The first-order valence-electron chi connectivity index (χ1n) is 7.71. The van der Waals surface area contributed by atoms with Crippen LogP contribution in [0, 0.1) is 0 Å². The Kier molecular flexibility index (Phi) is 3.12. The molecule has 4 nitrogen and oxygen atoms in total. The van der Waals surface area contributed by atoms with Gasteiger partial charge in [0.25, 0.3) is 0 Å². The second-order valence-corrected chi connectivity index (χ2v) is 6.09. The fourth-order valence-electron chi connectivity index (χ4n) is 3.38. The van der Waals surface area contributed by atoms with Gasteiger partial charge in [0.2, 0.25) is 0 Å². The molecule has 4 rings (SSSR count). The lowest BCUT2D eigenvalue weighted by molar-refractivity contribution is 0.180. The molecule has 1 aliphatic rings. The molecule has 0 saturated carbocycles. The van der Waals surface area contributed by atoms with Crippen molar-refractivity contribution in [1.29, 1.82) is 0 Å². The minimum absolute atomic E-state index is 0.00383. The number of nitrogens with one attached hydrogen (secondary N) is 1. The zero-order valence-corrected chi connectivity index (χ0v) is 12.6. The molecule has 2 heterocycles. The summed E-state index contributed by atoms with van der Waals surface area (Å²) in [5.74, 6) is 0. The van der Waals surface area contributed by atoms with Crippen LogP contribution in [0.4, 0.5) is 0 Å². The van der Waals surface area contributed by atoms with E-state index >= 15 is 0 Å². The van der Waals surface area contributed by atoms with Gasteiger partial charge in [0, 0.05) is 25.7 Å². The number of rotatable bonds is 2. The molecule has 22 heavy (non-hydrogen) atoms. The van der Waals surface area contributed by atoms with Crippen LogP contribution in [0.2, 0.25) is 0 Å². The van der Waals surface area contributed by atoms with E-state index in [1.165, 1.54) is 11.1 Å². The molecule has 4 heteroatoms. The van der Waals surface area contributed by atoms with Gasteiger partial charge in [0.15, 0.2) is 0 Å². The van der Waals surface area contributed by atoms with E-state index in [1.807, 2.05) is 22.8 Å². The molecule has 1 aliphatic heterocycles.